The van der Waals surface area contributed by atoms with Crippen molar-refractivity contribution in [1.82, 2.24) is 9.62 Å². The summed E-state index contributed by atoms with van der Waals surface area (Å²) in [5.74, 6) is -1.00. The average molecular weight is 394 g/mol. The minimum absolute atomic E-state index is 0.0169. The van der Waals surface area contributed by atoms with Crippen LogP contribution in [0.5, 0.6) is 0 Å². The van der Waals surface area contributed by atoms with Gasteiger partial charge in [-0.2, -0.15) is 0 Å². The Kier molecular flexibility index (Phi) is 10.1. The summed E-state index contributed by atoms with van der Waals surface area (Å²) in [7, 11) is -1.71. The van der Waals surface area contributed by atoms with E-state index >= 15 is 0 Å². The van der Waals surface area contributed by atoms with E-state index in [9.17, 15) is 18.0 Å². The highest BCUT2D eigenvalue weighted by Gasteiger charge is 2.21. The summed E-state index contributed by atoms with van der Waals surface area (Å²) in [6.07, 6.45) is 1.63. The Morgan fingerprint density at radius 1 is 1.38 bits per heavy atom. The van der Waals surface area contributed by atoms with E-state index in [1.165, 1.54) is 11.4 Å². The monoisotopic (exact) mass is 394 g/mol. The van der Waals surface area contributed by atoms with E-state index in [2.05, 4.69) is 5.32 Å². The van der Waals surface area contributed by atoms with Gasteiger partial charge in [-0.05, 0) is 33.1 Å². The maximum atomic E-state index is 11.8. The Morgan fingerprint density at radius 2 is 2.12 bits per heavy atom. The molecular weight excluding hydrogens is 364 g/mol. The molecule has 0 spiro atoms. The maximum Gasteiger partial charge on any atom is 0.335 e. The summed E-state index contributed by atoms with van der Waals surface area (Å²) < 4.78 is 40.1. The highest BCUT2D eigenvalue weighted by atomic mass is 32.2. The SMILES string of the molecule is CCS(=O)(=O)N(C)CCCNC(=O)COC(=O)C(C)OCC1CCCO1. The molecule has 0 aliphatic carbocycles. The van der Waals surface area contributed by atoms with Gasteiger partial charge in [-0.15, -0.1) is 0 Å². The molecule has 2 unspecified atom stereocenters. The van der Waals surface area contributed by atoms with Crippen LogP contribution in [0.2, 0.25) is 0 Å². The average Bonchev–Trinajstić information content (AvgIpc) is 3.14. The molecule has 0 aromatic heterocycles. The fraction of sp³-hybridized carbons (Fsp3) is 0.875. The Balaban J connectivity index is 2.12. The first kappa shape index (κ1) is 22.8. The van der Waals surface area contributed by atoms with Gasteiger partial charge in [0.2, 0.25) is 10.0 Å². The minimum Gasteiger partial charge on any atom is -0.454 e. The van der Waals surface area contributed by atoms with E-state index in [1.807, 2.05) is 0 Å². The van der Waals surface area contributed by atoms with Crippen molar-refractivity contribution in [3.05, 3.63) is 0 Å². The van der Waals surface area contributed by atoms with Gasteiger partial charge in [0.15, 0.2) is 12.7 Å². The van der Waals surface area contributed by atoms with Gasteiger partial charge in [-0.1, -0.05) is 0 Å². The Bertz CT molecular complexity index is 547. The van der Waals surface area contributed by atoms with Crippen LogP contribution < -0.4 is 5.32 Å². The molecule has 152 valence electrons. The first-order chi connectivity index (χ1) is 12.3. The van der Waals surface area contributed by atoms with Crippen molar-refractivity contribution >= 4 is 21.9 Å². The number of ether oxygens (including phenoxy) is 3. The third-order valence-electron chi connectivity index (χ3n) is 4.05. The molecule has 26 heavy (non-hydrogen) atoms. The van der Waals surface area contributed by atoms with E-state index in [-0.39, 0.29) is 11.9 Å². The van der Waals surface area contributed by atoms with Crippen molar-refractivity contribution < 1.29 is 32.2 Å². The second kappa shape index (κ2) is 11.5. The molecule has 0 radical (unpaired) electrons. The largest absolute Gasteiger partial charge is 0.454 e. The molecule has 1 amide bonds. The van der Waals surface area contributed by atoms with E-state index in [0.29, 0.717) is 32.7 Å². The fourth-order valence-electron chi connectivity index (χ4n) is 2.29. The summed E-state index contributed by atoms with van der Waals surface area (Å²) in [6, 6.07) is 0. The minimum atomic E-state index is -3.21. The third kappa shape index (κ3) is 8.43. The van der Waals surface area contributed by atoms with Gasteiger partial charge in [0.1, 0.15) is 0 Å². The summed E-state index contributed by atoms with van der Waals surface area (Å²) in [5.41, 5.74) is 0. The smallest absolute Gasteiger partial charge is 0.335 e. The van der Waals surface area contributed by atoms with E-state index in [0.717, 1.165) is 12.8 Å². The zero-order valence-corrected chi connectivity index (χ0v) is 16.5. The number of carbonyl (C=O) groups is 2. The molecule has 1 heterocycles. The summed E-state index contributed by atoms with van der Waals surface area (Å²) in [4.78, 5) is 23.4. The normalized spacial score (nSPS) is 18.7. The second-order valence-corrected chi connectivity index (χ2v) is 8.51. The lowest BCUT2D eigenvalue weighted by Crippen LogP contribution is -2.35. The van der Waals surface area contributed by atoms with Crippen LogP contribution in [0.4, 0.5) is 0 Å². The number of nitrogens with one attached hydrogen (secondary N) is 1. The van der Waals surface area contributed by atoms with E-state index in [4.69, 9.17) is 14.2 Å². The molecule has 0 aromatic carbocycles. The van der Waals surface area contributed by atoms with Gasteiger partial charge in [-0.25, -0.2) is 17.5 Å². The topological polar surface area (TPSA) is 111 Å². The van der Waals surface area contributed by atoms with Crippen molar-refractivity contribution in [2.45, 2.75) is 45.3 Å². The molecule has 1 rings (SSSR count). The molecule has 0 aromatic rings. The molecule has 10 heteroatoms. The zero-order valence-electron chi connectivity index (χ0n) is 15.7. The van der Waals surface area contributed by atoms with Gasteiger partial charge in [0.05, 0.1) is 18.5 Å². The van der Waals surface area contributed by atoms with Gasteiger partial charge in [0.25, 0.3) is 5.91 Å². The number of sulfonamides is 1. The molecule has 2 atom stereocenters. The first-order valence-corrected chi connectivity index (χ1v) is 10.5. The second-order valence-electron chi connectivity index (χ2n) is 6.14. The third-order valence-corrected chi connectivity index (χ3v) is 5.91. The van der Waals surface area contributed by atoms with Gasteiger partial charge in [0, 0.05) is 26.7 Å². The van der Waals surface area contributed by atoms with Crippen molar-refractivity contribution in [2.24, 2.45) is 0 Å². The Hall–Kier alpha value is -1.23. The van der Waals surface area contributed by atoms with Crippen LogP contribution in [0.25, 0.3) is 0 Å². The number of hydrogen-bond donors (Lipinski definition) is 1. The van der Waals surface area contributed by atoms with Crippen LogP contribution in [0.3, 0.4) is 0 Å². The maximum absolute atomic E-state index is 11.8. The van der Waals surface area contributed by atoms with Crippen LogP contribution in [0.15, 0.2) is 0 Å². The molecule has 1 saturated heterocycles. The zero-order chi connectivity index (χ0) is 19.6. The quantitative estimate of drug-likeness (QED) is 0.363. The Labute approximate surface area is 155 Å². The van der Waals surface area contributed by atoms with Crippen LogP contribution in [0.1, 0.15) is 33.1 Å². The lowest BCUT2D eigenvalue weighted by atomic mass is 10.2. The van der Waals surface area contributed by atoms with Crippen LogP contribution in [-0.2, 0) is 33.8 Å². The molecule has 1 N–H and O–H groups in total. The number of carbonyl (C=O) groups excluding carboxylic acids is 2. The Morgan fingerprint density at radius 3 is 2.73 bits per heavy atom. The first-order valence-electron chi connectivity index (χ1n) is 8.86. The van der Waals surface area contributed by atoms with Gasteiger partial charge in [-0.3, -0.25) is 4.79 Å². The van der Waals surface area contributed by atoms with Crippen molar-refractivity contribution in [3.63, 3.8) is 0 Å². The van der Waals surface area contributed by atoms with Crippen molar-refractivity contribution in [1.29, 1.82) is 0 Å². The lowest BCUT2D eigenvalue weighted by Gasteiger charge is -2.16. The highest BCUT2D eigenvalue weighted by Crippen LogP contribution is 2.12. The van der Waals surface area contributed by atoms with Gasteiger partial charge < -0.3 is 19.5 Å². The summed E-state index contributed by atoms with van der Waals surface area (Å²) in [5, 5.41) is 2.58. The van der Waals surface area contributed by atoms with E-state index in [1.54, 1.807) is 13.8 Å². The van der Waals surface area contributed by atoms with Crippen molar-refractivity contribution in [3.8, 4) is 0 Å². The molecule has 0 bridgehead atoms. The molecule has 1 fully saturated rings. The molecule has 9 nitrogen and oxygen atoms in total. The van der Waals surface area contributed by atoms with E-state index < -0.39 is 34.6 Å². The van der Waals surface area contributed by atoms with Gasteiger partial charge >= 0.3 is 5.97 Å². The molecule has 0 saturated carbocycles. The fourth-order valence-corrected chi connectivity index (χ4v) is 3.14. The molecule has 1 aliphatic heterocycles. The standard InChI is InChI=1S/C16H30N2O7S/c1-4-26(21,22)18(3)9-6-8-17-15(19)12-25-16(20)13(2)24-11-14-7-5-10-23-14/h13-14H,4-12H2,1-3H3,(H,17,19). The number of rotatable bonds is 12. The number of nitrogens with zero attached hydrogens (tertiary/aromatic N) is 1. The molecular formula is C16H30N2O7S. The predicted molar refractivity (Wildman–Crippen MR) is 95.1 cm³/mol. The van der Waals surface area contributed by atoms with Crippen LogP contribution in [-0.4, -0.2) is 82.5 Å². The number of hydrogen-bond acceptors (Lipinski definition) is 7. The molecule has 1 aliphatic rings. The summed E-state index contributed by atoms with van der Waals surface area (Å²) >= 11 is 0. The number of amides is 1. The van der Waals surface area contributed by atoms with Crippen molar-refractivity contribution in [2.75, 3.05) is 45.7 Å². The predicted octanol–water partition coefficient (Wildman–Crippen LogP) is -0.0985. The lowest BCUT2D eigenvalue weighted by molar-refractivity contribution is -0.160. The number of esters is 1. The van der Waals surface area contributed by atoms with Crippen LogP contribution >= 0.6 is 0 Å². The summed E-state index contributed by atoms with van der Waals surface area (Å²) in [6.45, 7) is 4.40. The van der Waals surface area contributed by atoms with Crippen LogP contribution in [0, 0.1) is 0 Å². The highest BCUT2D eigenvalue weighted by molar-refractivity contribution is 7.89.